The van der Waals surface area contributed by atoms with E-state index in [1.165, 1.54) is 0 Å². The van der Waals surface area contributed by atoms with Gasteiger partial charge >= 0.3 is 6.17 Å². The number of hydrazine groups is 1. The van der Waals surface area contributed by atoms with E-state index in [4.69, 9.17) is 0 Å². The Morgan fingerprint density at radius 2 is 1.57 bits per heavy atom. The lowest BCUT2D eigenvalue weighted by Crippen LogP contribution is -2.35. The van der Waals surface area contributed by atoms with Crippen molar-refractivity contribution in [1.82, 2.24) is 5.01 Å². The number of nitro groups is 3. The summed E-state index contributed by atoms with van der Waals surface area (Å²) in [7, 11) is 1.08. The Balaban J connectivity index is 4.14. The fraction of sp³-hybridized carbons (Fsp3) is 1.00. The standard InChI is InChI=1S/C4H8N4O6/c1-5(8(13)14)3-2-4(6(9)10)7(11)12/h4H,2-3H2,1H3. The SMILES string of the molecule is CN(CCC([N+](=O)[O-])[N+](=O)[O-])[N+](=O)[O-]. The van der Waals surface area contributed by atoms with Crippen LogP contribution in [0.3, 0.4) is 0 Å². The first-order chi connectivity index (χ1) is 6.36. The molecule has 0 bridgehead atoms. The first-order valence-corrected chi connectivity index (χ1v) is 3.48. The summed E-state index contributed by atoms with van der Waals surface area (Å²) in [5.41, 5.74) is 0. The van der Waals surface area contributed by atoms with Crippen LogP contribution in [0.5, 0.6) is 0 Å². The normalized spacial score (nSPS) is 9.86. The highest BCUT2D eigenvalue weighted by Gasteiger charge is 2.33. The van der Waals surface area contributed by atoms with Gasteiger partial charge in [0.15, 0.2) is 5.03 Å². The second kappa shape index (κ2) is 4.89. The van der Waals surface area contributed by atoms with Crippen LogP contribution in [-0.4, -0.2) is 39.6 Å². The summed E-state index contributed by atoms with van der Waals surface area (Å²) in [5, 5.41) is 30.0. The molecular weight excluding hydrogens is 200 g/mol. The van der Waals surface area contributed by atoms with E-state index in [2.05, 4.69) is 0 Å². The highest BCUT2D eigenvalue weighted by atomic mass is 16.7. The molecule has 0 saturated heterocycles. The molecule has 0 spiro atoms. The van der Waals surface area contributed by atoms with Gasteiger partial charge in [0.25, 0.3) is 0 Å². The van der Waals surface area contributed by atoms with Gasteiger partial charge < -0.3 is 0 Å². The van der Waals surface area contributed by atoms with E-state index in [-0.39, 0.29) is 6.54 Å². The smallest absolute Gasteiger partial charge is 0.259 e. The topological polar surface area (TPSA) is 133 Å². The van der Waals surface area contributed by atoms with E-state index in [1.54, 1.807) is 0 Å². The minimum Gasteiger partial charge on any atom is -0.259 e. The van der Waals surface area contributed by atoms with Crippen LogP contribution < -0.4 is 0 Å². The Bertz CT molecular complexity index is 240. The van der Waals surface area contributed by atoms with Crippen LogP contribution in [0.25, 0.3) is 0 Å². The van der Waals surface area contributed by atoms with E-state index in [0.29, 0.717) is 5.01 Å². The molecule has 0 heterocycles. The molecule has 0 N–H and O–H groups in total. The number of nitrogens with zero attached hydrogens (tertiary/aromatic N) is 4. The summed E-state index contributed by atoms with van der Waals surface area (Å²) in [4.78, 5) is 28.1. The third-order valence-corrected chi connectivity index (χ3v) is 1.48. The lowest BCUT2D eigenvalue weighted by atomic mass is 10.3. The Labute approximate surface area is 77.5 Å². The van der Waals surface area contributed by atoms with Gasteiger partial charge in [0.05, 0.1) is 23.4 Å². The van der Waals surface area contributed by atoms with Gasteiger partial charge in [-0.3, -0.25) is 20.2 Å². The zero-order valence-electron chi connectivity index (χ0n) is 7.23. The molecule has 0 rings (SSSR count). The second-order valence-electron chi connectivity index (χ2n) is 2.46. The molecular formula is C4H8N4O6. The Hall–Kier alpha value is -2.00. The lowest BCUT2D eigenvalue weighted by molar-refractivity contribution is -0.745. The van der Waals surface area contributed by atoms with Crippen LogP contribution in [0.2, 0.25) is 0 Å². The van der Waals surface area contributed by atoms with Gasteiger partial charge in [-0.25, -0.2) is 10.1 Å². The van der Waals surface area contributed by atoms with Crippen molar-refractivity contribution in [2.75, 3.05) is 13.6 Å². The summed E-state index contributed by atoms with van der Waals surface area (Å²) < 4.78 is 0. The van der Waals surface area contributed by atoms with Gasteiger partial charge in [0.1, 0.15) is 6.42 Å². The maximum atomic E-state index is 10.1. The van der Waals surface area contributed by atoms with Crippen molar-refractivity contribution in [3.05, 3.63) is 30.3 Å². The van der Waals surface area contributed by atoms with Crippen LogP contribution in [0.1, 0.15) is 6.42 Å². The average molecular weight is 208 g/mol. The maximum absolute atomic E-state index is 10.1. The maximum Gasteiger partial charge on any atom is 0.452 e. The summed E-state index contributed by atoms with van der Waals surface area (Å²) in [6.45, 7) is -0.348. The highest BCUT2D eigenvalue weighted by Crippen LogP contribution is 1.99. The van der Waals surface area contributed by atoms with Crippen LogP contribution in [0.15, 0.2) is 0 Å². The summed E-state index contributed by atoms with van der Waals surface area (Å²) in [6.07, 6.45) is -2.49. The second-order valence-corrected chi connectivity index (χ2v) is 2.46. The molecule has 80 valence electrons. The van der Waals surface area contributed by atoms with Gasteiger partial charge in [-0.05, 0) is 0 Å². The minimum absolute atomic E-state index is 0.348. The van der Waals surface area contributed by atoms with Crippen LogP contribution >= 0.6 is 0 Å². The number of hydrogen-bond acceptors (Lipinski definition) is 6. The largest absolute Gasteiger partial charge is 0.452 e. The van der Waals surface area contributed by atoms with Gasteiger partial charge in [-0.2, -0.15) is 0 Å². The van der Waals surface area contributed by atoms with E-state index >= 15 is 0 Å². The van der Waals surface area contributed by atoms with E-state index < -0.39 is 27.5 Å². The third kappa shape index (κ3) is 3.60. The van der Waals surface area contributed by atoms with Crippen LogP contribution in [-0.2, 0) is 0 Å². The molecule has 14 heavy (non-hydrogen) atoms. The molecule has 0 aliphatic heterocycles. The molecule has 0 fully saturated rings. The molecule has 0 aromatic rings. The van der Waals surface area contributed by atoms with Crippen molar-refractivity contribution in [1.29, 1.82) is 0 Å². The van der Waals surface area contributed by atoms with Gasteiger partial charge in [0.2, 0.25) is 0 Å². The molecule has 10 nitrogen and oxygen atoms in total. The third-order valence-electron chi connectivity index (χ3n) is 1.48. The zero-order valence-corrected chi connectivity index (χ0v) is 7.23. The predicted octanol–water partition coefficient (Wildman–Crippen LogP) is -0.620. The molecule has 0 amide bonds. The van der Waals surface area contributed by atoms with E-state index in [1.807, 2.05) is 0 Å². The molecule has 0 aromatic heterocycles. The molecule has 0 aliphatic rings. The van der Waals surface area contributed by atoms with Crippen molar-refractivity contribution in [3.63, 3.8) is 0 Å². The van der Waals surface area contributed by atoms with Crippen molar-refractivity contribution in [3.8, 4) is 0 Å². The lowest BCUT2D eigenvalue weighted by Gasteiger charge is -2.07. The first kappa shape index (κ1) is 12.0. The summed E-state index contributed by atoms with van der Waals surface area (Å²) >= 11 is 0. The summed E-state index contributed by atoms with van der Waals surface area (Å²) in [6, 6.07) is 0. The van der Waals surface area contributed by atoms with Crippen LogP contribution in [0.4, 0.5) is 0 Å². The Morgan fingerprint density at radius 1 is 1.14 bits per heavy atom. The Kier molecular flexibility index (Phi) is 4.19. The van der Waals surface area contributed by atoms with Crippen molar-refractivity contribution < 1.29 is 14.9 Å². The first-order valence-electron chi connectivity index (χ1n) is 3.48. The van der Waals surface area contributed by atoms with Crippen molar-refractivity contribution in [2.24, 2.45) is 0 Å². The quantitative estimate of drug-likeness (QED) is 0.322. The molecule has 0 unspecified atom stereocenters. The fourth-order valence-electron chi connectivity index (χ4n) is 0.672. The van der Waals surface area contributed by atoms with Gasteiger partial charge in [0, 0.05) is 0 Å². The monoisotopic (exact) mass is 208 g/mol. The van der Waals surface area contributed by atoms with Gasteiger partial charge in [-0.15, -0.1) is 5.01 Å². The number of rotatable bonds is 6. The van der Waals surface area contributed by atoms with Gasteiger partial charge in [-0.1, -0.05) is 0 Å². The van der Waals surface area contributed by atoms with Crippen LogP contribution in [0, 0.1) is 30.3 Å². The fourth-order valence-corrected chi connectivity index (χ4v) is 0.672. The Morgan fingerprint density at radius 3 is 1.86 bits per heavy atom. The molecule has 0 saturated carbocycles. The van der Waals surface area contributed by atoms with E-state index in [0.717, 1.165) is 7.05 Å². The molecule has 0 radical (unpaired) electrons. The number of hydrogen-bond donors (Lipinski definition) is 0. The van der Waals surface area contributed by atoms with Crippen molar-refractivity contribution >= 4 is 0 Å². The molecule has 0 atom stereocenters. The summed E-state index contributed by atoms with van der Waals surface area (Å²) in [5.74, 6) is 0. The minimum atomic E-state index is -1.99. The zero-order chi connectivity index (χ0) is 11.3. The van der Waals surface area contributed by atoms with E-state index in [9.17, 15) is 30.3 Å². The molecule has 10 heteroatoms. The molecule has 0 aromatic carbocycles. The molecule has 0 aliphatic carbocycles. The highest BCUT2D eigenvalue weighted by molar-refractivity contribution is 4.45. The average Bonchev–Trinajstić information content (AvgIpc) is 2.02. The van der Waals surface area contributed by atoms with Crippen molar-refractivity contribution in [2.45, 2.75) is 12.6 Å². The predicted molar refractivity (Wildman–Crippen MR) is 42.0 cm³/mol.